The van der Waals surface area contributed by atoms with Gasteiger partial charge in [0.15, 0.2) is 0 Å². The summed E-state index contributed by atoms with van der Waals surface area (Å²) in [6.45, 7) is 8.35. The van der Waals surface area contributed by atoms with Crippen LogP contribution in [0.1, 0.15) is 40.5 Å². The van der Waals surface area contributed by atoms with E-state index in [9.17, 15) is 5.26 Å². The molecule has 2 aliphatic rings. The van der Waals surface area contributed by atoms with E-state index in [2.05, 4.69) is 69.5 Å². The lowest BCUT2D eigenvalue weighted by Crippen LogP contribution is -2.64. The highest BCUT2D eigenvalue weighted by Crippen LogP contribution is 2.32. The average Bonchev–Trinajstić information content (AvgIpc) is 3.20. The second kappa shape index (κ2) is 7.96. The maximum Gasteiger partial charge on any atom is 0.295 e. The Morgan fingerprint density at radius 3 is 2.62 bits per heavy atom. The molecule has 0 aliphatic carbocycles. The Kier molecular flexibility index (Phi) is 5.44. The van der Waals surface area contributed by atoms with Gasteiger partial charge in [0.25, 0.3) is 5.92 Å². The molecule has 4 N–H and O–H groups in total. The minimum atomic E-state index is -2.34. The predicted molar refractivity (Wildman–Crippen MR) is 118 cm³/mol. The van der Waals surface area contributed by atoms with Crippen molar-refractivity contribution in [1.82, 2.24) is 36.2 Å². The Morgan fingerprint density at radius 2 is 1.97 bits per heavy atom. The molecular weight excluding hydrogens is 411 g/mol. The molecule has 1 aromatic heterocycles. The van der Waals surface area contributed by atoms with Gasteiger partial charge in [-0.1, -0.05) is 6.07 Å². The highest BCUT2D eigenvalue weighted by Gasteiger charge is 2.44. The number of anilines is 1. The SMILES string of the molecule is CC1(C)CC(NC2(F)N=C(Nc3cccc(-n4cnnn4)c3)NC=C2C#N)CC(C)(C)N1. The van der Waals surface area contributed by atoms with Gasteiger partial charge in [-0.3, -0.25) is 5.32 Å². The molecule has 4 rings (SSSR count). The lowest BCUT2D eigenvalue weighted by Gasteiger charge is -2.47. The fourth-order valence-electron chi connectivity index (χ4n) is 4.60. The van der Waals surface area contributed by atoms with Crippen LogP contribution in [0.2, 0.25) is 0 Å². The first-order chi connectivity index (χ1) is 15.1. The lowest BCUT2D eigenvalue weighted by atomic mass is 9.79. The Hall–Kier alpha value is -3.36. The number of nitrogens with zero attached hydrogens (tertiary/aromatic N) is 6. The number of hydrogen-bond donors (Lipinski definition) is 4. The maximum atomic E-state index is 16.1. The lowest BCUT2D eigenvalue weighted by molar-refractivity contribution is 0.0869. The van der Waals surface area contributed by atoms with Crippen molar-refractivity contribution in [1.29, 1.82) is 5.26 Å². The molecule has 11 heteroatoms. The standard InChI is InChI=1S/C21H27FN10/c1-19(2)9-16(10-20(3,4)29-19)27-21(22)14(11-23)12-24-18(28-21)26-15-6-5-7-17(8-15)32-13-25-30-31-32/h5-8,12-13,16,27,29H,9-10H2,1-4H3,(H2,24,26,28). The quantitative estimate of drug-likeness (QED) is 0.534. The third-order valence-electron chi connectivity index (χ3n) is 5.40. The Balaban J connectivity index is 1.56. The van der Waals surface area contributed by atoms with E-state index in [1.54, 1.807) is 6.07 Å². The van der Waals surface area contributed by atoms with Crippen molar-refractivity contribution in [3.8, 4) is 11.8 Å². The van der Waals surface area contributed by atoms with Crippen LogP contribution in [0.4, 0.5) is 10.1 Å². The minimum Gasteiger partial charge on any atom is -0.331 e. The van der Waals surface area contributed by atoms with Gasteiger partial charge in [0.05, 0.1) is 5.69 Å². The fraction of sp³-hybridized carbons (Fsp3) is 0.476. The first-order valence-corrected chi connectivity index (χ1v) is 10.4. The minimum absolute atomic E-state index is 0.125. The summed E-state index contributed by atoms with van der Waals surface area (Å²) in [4.78, 5) is 4.20. The molecular formula is C21H27FN10. The van der Waals surface area contributed by atoms with E-state index in [4.69, 9.17) is 0 Å². The average molecular weight is 439 g/mol. The first kappa shape index (κ1) is 21.9. The fourth-order valence-corrected chi connectivity index (χ4v) is 4.60. The van der Waals surface area contributed by atoms with Crippen molar-refractivity contribution < 1.29 is 4.39 Å². The van der Waals surface area contributed by atoms with Crippen molar-refractivity contribution in [2.24, 2.45) is 4.99 Å². The van der Waals surface area contributed by atoms with Crippen LogP contribution >= 0.6 is 0 Å². The van der Waals surface area contributed by atoms with Crippen molar-refractivity contribution in [2.75, 3.05) is 5.32 Å². The molecule has 0 amide bonds. The number of hydrogen-bond acceptors (Lipinski definition) is 9. The summed E-state index contributed by atoms with van der Waals surface area (Å²) in [6, 6.07) is 9.02. The summed E-state index contributed by atoms with van der Waals surface area (Å²) in [7, 11) is 0. The number of tetrazole rings is 1. The molecule has 2 aromatic rings. The van der Waals surface area contributed by atoms with Gasteiger partial charge in [-0.25, -0.2) is 4.68 Å². The number of aliphatic imine (C=N–C) groups is 1. The zero-order chi connectivity index (χ0) is 23.0. The molecule has 1 fully saturated rings. The van der Waals surface area contributed by atoms with E-state index >= 15 is 4.39 Å². The number of aromatic nitrogens is 4. The van der Waals surface area contributed by atoms with E-state index in [1.807, 2.05) is 24.3 Å². The van der Waals surface area contributed by atoms with Gasteiger partial charge in [0, 0.05) is 29.0 Å². The Bertz CT molecular complexity index is 1070. The number of nitriles is 1. The molecule has 10 nitrogen and oxygen atoms in total. The predicted octanol–water partition coefficient (Wildman–Crippen LogP) is 1.96. The summed E-state index contributed by atoms with van der Waals surface area (Å²) < 4.78 is 17.6. The Morgan fingerprint density at radius 1 is 1.22 bits per heavy atom. The normalized spacial score (nSPS) is 24.6. The third kappa shape index (κ3) is 4.76. The second-order valence-electron chi connectivity index (χ2n) is 9.47. The summed E-state index contributed by atoms with van der Waals surface area (Å²) >= 11 is 0. The zero-order valence-electron chi connectivity index (χ0n) is 18.5. The van der Waals surface area contributed by atoms with E-state index in [0.29, 0.717) is 18.5 Å². The Labute approximate surface area is 186 Å². The molecule has 32 heavy (non-hydrogen) atoms. The van der Waals surface area contributed by atoms with Gasteiger partial charge in [-0.05, 0) is 69.2 Å². The highest BCUT2D eigenvalue weighted by molar-refractivity contribution is 5.95. The monoisotopic (exact) mass is 438 g/mol. The largest absolute Gasteiger partial charge is 0.331 e. The van der Waals surface area contributed by atoms with Crippen LogP contribution in [-0.2, 0) is 0 Å². The van der Waals surface area contributed by atoms with Gasteiger partial charge < -0.3 is 16.0 Å². The van der Waals surface area contributed by atoms with Gasteiger partial charge in [0.2, 0.25) is 5.96 Å². The molecule has 1 aromatic carbocycles. The van der Waals surface area contributed by atoms with Crippen LogP contribution in [0.25, 0.3) is 5.69 Å². The van der Waals surface area contributed by atoms with Gasteiger partial charge in [-0.15, -0.1) is 5.10 Å². The molecule has 2 aliphatic heterocycles. The number of alkyl halides is 1. The molecule has 0 radical (unpaired) electrons. The van der Waals surface area contributed by atoms with Crippen LogP contribution in [0.3, 0.4) is 0 Å². The van der Waals surface area contributed by atoms with E-state index in [1.165, 1.54) is 17.2 Å². The maximum absolute atomic E-state index is 16.1. The summed E-state index contributed by atoms with van der Waals surface area (Å²) in [5.41, 5.74) is 0.902. The summed E-state index contributed by atoms with van der Waals surface area (Å²) in [5.74, 6) is -2.16. The summed E-state index contributed by atoms with van der Waals surface area (Å²) in [6.07, 6.45) is 4.21. The third-order valence-corrected chi connectivity index (χ3v) is 5.40. The van der Waals surface area contributed by atoms with Crippen LogP contribution in [0.5, 0.6) is 0 Å². The number of halogens is 1. The van der Waals surface area contributed by atoms with E-state index in [-0.39, 0.29) is 28.7 Å². The molecule has 0 spiro atoms. The van der Waals surface area contributed by atoms with Gasteiger partial charge >= 0.3 is 0 Å². The van der Waals surface area contributed by atoms with Crippen molar-refractivity contribution >= 4 is 11.6 Å². The smallest absolute Gasteiger partial charge is 0.295 e. The van der Waals surface area contributed by atoms with Crippen LogP contribution in [-0.4, -0.2) is 49.2 Å². The first-order valence-electron chi connectivity index (χ1n) is 10.4. The number of benzene rings is 1. The van der Waals surface area contributed by atoms with Crippen LogP contribution in [0.15, 0.2) is 47.4 Å². The van der Waals surface area contributed by atoms with Crippen LogP contribution in [0, 0.1) is 11.3 Å². The molecule has 0 saturated carbocycles. The summed E-state index contributed by atoms with van der Waals surface area (Å²) in [5, 5.41) is 33.2. The van der Waals surface area contributed by atoms with Gasteiger partial charge in [-0.2, -0.15) is 14.6 Å². The molecule has 1 unspecified atom stereocenters. The van der Waals surface area contributed by atoms with Crippen molar-refractivity contribution in [3.63, 3.8) is 0 Å². The topological polar surface area (TPSA) is 128 Å². The van der Waals surface area contributed by atoms with E-state index < -0.39 is 5.92 Å². The number of rotatable bonds is 4. The molecule has 3 heterocycles. The second-order valence-corrected chi connectivity index (χ2v) is 9.47. The zero-order valence-corrected chi connectivity index (χ0v) is 18.5. The number of piperidine rings is 1. The molecule has 0 bridgehead atoms. The van der Waals surface area contributed by atoms with Crippen molar-refractivity contribution in [2.45, 2.75) is 63.6 Å². The number of nitrogens with one attached hydrogen (secondary N) is 4. The number of guanidine groups is 1. The van der Waals surface area contributed by atoms with E-state index in [0.717, 1.165) is 5.69 Å². The highest BCUT2D eigenvalue weighted by atomic mass is 19.1. The van der Waals surface area contributed by atoms with Crippen LogP contribution < -0.4 is 21.3 Å². The molecule has 1 saturated heterocycles. The van der Waals surface area contributed by atoms with Crippen molar-refractivity contribution in [3.05, 3.63) is 42.4 Å². The molecule has 168 valence electrons. The molecule has 1 atom stereocenters. The van der Waals surface area contributed by atoms with Gasteiger partial charge in [0.1, 0.15) is 18.0 Å².